The first kappa shape index (κ1) is 18.2. The minimum Gasteiger partial charge on any atom is -0.365 e. The van der Waals surface area contributed by atoms with E-state index in [1.807, 2.05) is 42.5 Å². The van der Waals surface area contributed by atoms with Gasteiger partial charge in [0.15, 0.2) is 0 Å². The summed E-state index contributed by atoms with van der Waals surface area (Å²) in [6, 6.07) is 20.8. The zero-order valence-corrected chi connectivity index (χ0v) is 15.4. The molecule has 132 valence electrons. The van der Waals surface area contributed by atoms with Gasteiger partial charge in [-0.2, -0.15) is 0 Å². The summed E-state index contributed by atoms with van der Waals surface area (Å²) < 4.78 is 0. The van der Waals surface area contributed by atoms with Crippen LogP contribution in [0.2, 0.25) is 5.02 Å². The molecule has 0 saturated heterocycles. The van der Waals surface area contributed by atoms with Gasteiger partial charge in [0.1, 0.15) is 10.8 Å². The first-order chi connectivity index (χ1) is 12.7. The van der Waals surface area contributed by atoms with Gasteiger partial charge in [0.2, 0.25) is 5.91 Å². The van der Waals surface area contributed by atoms with Gasteiger partial charge < -0.3 is 10.6 Å². The van der Waals surface area contributed by atoms with E-state index in [1.54, 1.807) is 24.3 Å². The number of hydrogen-bond donors (Lipinski definition) is 2. The summed E-state index contributed by atoms with van der Waals surface area (Å²) in [6.07, 6.45) is 0. The van der Waals surface area contributed by atoms with Gasteiger partial charge in [-0.05, 0) is 35.9 Å². The molecule has 3 aromatic rings. The Kier molecular flexibility index (Phi) is 6.46. The maximum Gasteiger partial charge on any atom is 0.234 e. The maximum absolute atomic E-state index is 12.0. The number of carbonyl (C=O) groups excluding carboxylic acids is 1. The molecule has 0 unspecified atom stereocenters. The summed E-state index contributed by atoms with van der Waals surface area (Å²) >= 11 is 7.23. The number of aromatic nitrogens is 2. The predicted molar refractivity (Wildman–Crippen MR) is 107 cm³/mol. The van der Waals surface area contributed by atoms with Crippen molar-refractivity contribution in [1.82, 2.24) is 10.2 Å². The summed E-state index contributed by atoms with van der Waals surface area (Å²) in [5, 5.41) is 15.6. The highest BCUT2D eigenvalue weighted by molar-refractivity contribution is 7.99. The van der Waals surface area contributed by atoms with Crippen molar-refractivity contribution < 1.29 is 4.79 Å². The second-order valence-corrected chi connectivity index (χ2v) is 6.88. The maximum atomic E-state index is 12.0. The average molecular weight is 385 g/mol. The van der Waals surface area contributed by atoms with Crippen molar-refractivity contribution in [1.29, 1.82) is 0 Å². The van der Waals surface area contributed by atoms with Crippen molar-refractivity contribution in [2.24, 2.45) is 0 Å². The van der Waals surface area contributed by atoms with Gasteiger partial charge in [-0.1, -0.05) is 59.8 Å². The molecule has 0 aliphatic carbocycles. The number of hydrogen-bond acceptors (Lipinski definition) is 5. The van der Waals surface area contributed by atoms with Crippen LogP contribution in [0.4, 0.5) is 11.5 Å². The number of nitrogens with one attached hydrogen (secondary N) is 2. The fourth-order valence-electron chi connectivity index (χ4n) is 2.18. The number of carbonyl (C=O) groups is 1. The number of halogens is 1. The summed E-state index contributed by atoms with van der Waals surface area (Å²) in [6.45, 7) is 0.685. The molecule has 0 aliphatic rings. The first-order valence-electron chi connectivity index (χ1n) is 7.99. The van der Waals surface area contributed by atoms with Gasteiger partial charge in [0, 0.05) is 17.3 Å². The average Bonchev–Trinajstić information content (AvgIpc) is 2.66. The second-order valence-electron chi connectivity index (χ2n) is 5.44. The third-order valence-electron chi connectivity index (χ3n) is 3.42. The van der Waals surface area contributed by atoms with Gasteiger partial charge in [-0.25, -0.2) is 0 Å². The lowest BCUT2D eigenvalue weighted by Gasteiger charge is -2.06. The fraction of sp³-hybridized carbons (Fsp3) is 0.105. The van der Waals surface area contributed by atoms with Crippen molar-refractivity contribution >= 4 is 40.8 Å². The first-order valence-corrected chi connectivity index (χ1v) is 9.35. The van der Waals surface area contributed by atoms with E-state index >= 15 is 0 Å². The Bertz CT molecular complexity index is 859. The Hall–Kier alpha value is -2.57. The molecule has 5 nitrogen and oxygen atoms in total. The highest BCUT2D eigenvalue weighted by Gasteiger charge is 2.06. The van der Waals surface area contributed by atoms with Gasteiger partial charge in [0.05, 0.1) is 5.75 Å². The molecule has 0 saturated carbocycles. The van der Waals surface area contributed by atoms with E-state index in [4.69, 9.17) is 11.6 Å². The largest absolute Gasteiger partial charge is 0.365 e. The van der Waals surface area contributed by atoms with Crippen molar-refractivity contribution in [3.8, 4) is 0 Å². The zero-order valence-electron chi connectivity index (χ0n) is 13.9. The van der Waals surface area contributed by atoms with Gasteiger partial charge in [-0.15, -0.1) is 10.2 Å². The highest BCUT2D eigenvalue weighted by Crippen LogP contribution is 2.18. The Balaban J connectivity index is 1.46. The molecule has 0 atom stereocenters. The smallest absolute Gasteiger partial charge is 0.234 e. The molecule has 2 N–H and O–H groups in total. The number of amides is 1. The van der Waals surface area contributed by atoms with Crippen LogP contribution in [0.25, 0.3) is 0 Å². The van der Waals surface area contributed by atoms with Gasteiger partial charge in [0.25, 0.3) is 0 Å². The van der Waals surface area contributed by atoms with Gasteiger partial charge >= 0.3 is 0 Å². The third-order valence-corrected chi connectivity index (χ3v) is 4.57. The molecule has 26 heavy (non-hydrogen) atoms. The summed E-state index contributed by atoms with van der Waals surface area (Å²) in [5.74, 6) is 0.824. The Labute approximate surface area is 161 Å². The van der Waals surface area contributed by atoms with E-state index in [2.05, 4.69) is 20.8 Å². The second kappa shape index (κ2) is 9.22. The Morgan fingerprint density at radius 1 is 1.00 bits per heavy atom. The van der Waals surface area contributed by atoms with Crippen LogP contribution in [0.5, 0.6) is 0 Å². The third kappa shape index (κ3) is 5.75. The minimum absolute atomic E-state index is 0.120. The molecule has 0 fully saturated rings. The molecule has 0 aliphatic heterocycles. The molecule has 0 bridgehead atoms. The number of thioether (sulfide) groups is 1. The molecule has 0 spiro atoms. The van der Waals surface area contributed by atoms with E-state index in [0.717, 1.165) is 0 Å². The highest BCUT2D eigenvalue weighted by atomic mass is 35.5. The van der Waals surface area contributed by atoms with Crippen LogP contribution in [0.3, 0.4) is 0 Å². The molecule has 1 amide bonds. The molecule has 1 heterocycles. The predicted octanol–water partition coefficient (Wildman–Crippen LogP) is 4.47. The van der Waals surface area contributed by atoms with Crippen molar-refractivity contribution in [2.75, 3.05) is 16.4 Å². The van der Waals surface area contributed by atoms with Crippen LogP contribution in [-0.4, -0.2) is 21.9 Å². The number of anilines is 2. The lowest BCUT2D eigenvalue weighted by Crippen LogP contribution is -2.14. The Morgan fingerprint density at radius 3 is 2.58 bits per heavy atom. The molecular weight excluding hydrogens is 368 g/mol. The summed E-state index contributed by atoms with van der Waals surface area (Å²) in [5.41, 5.74) is 1.85. The van der Waals surface area contributed by atoms with Crippen LogP contribution in [0.15, 0.2) is 71.8 Å². The van der Waals surface area contributed by atoms with Gasteiger partial charge in [-0.3, -0.25) is 4.79 Å². The van der Waals surface area contributed by atoms with Crippen molar-refractivity contribution in [3.05, 3.63) is 77.3 Å². The van der Waals surface area contributed by atoms with E-state index in [1.165, 1.54) is 17.3 Å². The van der Waals surface area contributed by atoms with Crippen LogP contribution < -0.4 is 10.6 Å². The molecule has 2 aromatic carbocycles. The topological polar surface area (TPSA) is 66.9 Å². The minimum atomic E-state index is -0.120. The SMILES string of the molecule is O=C(CSc1ccc(NCc2ccccc2)nn1)Nc1cccc(Cl)c1. The monoisotopic (exact) mass is 384 g/mol. The van der Waals surface area contributed by atoms with Crippen LogP contribution in [0, 0.1) is 0 Å². The molecule has 1 aromatic heterocycles. The standard InChI is InChI=1S/C19H17ClN4OS/c20-15-7-4-8-16(11-15)22-18(25)13-26-19-10-9-17(23-24-19)21-12-14-5-2-1-3-6-14/h1-11H,12-13H2,(H,21,23)(H,22,25). The normalized spacial score (nSPS) is 10.3. The lowest BCUT2D eigenvalue weighted by molar-refractivity contribution is -0.113. The number of rotatable bonds is 7. The van der Waals surface area contributed by atoms with E-state index in [0.29, 0.717) is 28.1 Å². The summed E-state index contributed by atoms with van der Waals surface area (Å²) in [7, 11) is 0. The molecule has 7 heteroatoms. The summed E-state index contributed by atoms with van der Waals surface area (Å²) in [4.78, 5) is 12.0. The van der Waals surface area contributed by atoms with E-state index in [-0.39, 0.29) is 11.7 Å². The molecular formula is C19H17ClN4OS. The Morgan fingerprint density at radius 2 is 1.85 bits per heavy atom. The number of benzene rings is 2. The lowest BCUT2D eigenvalue weighted by atomic mass is 10.2. The molecule has 3 rings (SSSR count). The van der Waals surface area contributed by atoms with E-state index < -0.39 is 0 Å². The van der Waals surface area contributed by atoms with Crippen molar-refractivity contribution in [2.45, 2.75) is 11.6 Å². The van der Waals surface area contributed by atoms with Crippen LogP contribution in [0.1, 0.15) is 5.56 Å². The molecule has 0 radical (unpaired) electrons. The zero-order chi connectivity index (χ0) is 18.2. The fourth-order valence-corrected chi connectivity index (χ4v) is 2.99. The van der Waals surface area contributed by atoms with Crippen LogP contribution >= 0.6 is 23.4 Å². The van der Waals surface area contributed by atoms with Crippen molar-refractivity contribution in [3.63, 3.8) is 0 Å². The van der Waals surface area contributed by atoms with Crippen LogP contribution in [-0.2, 0) is 11.3 Å². The van der Waals surface area contributed by atoms with E-state index in [9.17, 15) is 4.79 Å². The quantitative estimate of drug-likeness (QED) is 0.588. The number of nitrogens with zero attached hydrogens (tertiary/aromatic N) is 2.